The number of fused-ring (bicyclic) bond motifs is 1. The first-order valence-electron chi connectivity index (χ1n) is 7.22. The van der Waals surface area contributed by atoms with Crippen molar-refractivity contribution in [3.8, 4) is 5.88 Å². The number of pyridine rings is 1. The molecular weight excluding hydrogens is 238 g/mol. The van der Waals surface area contributed by atoms with Gasteiger partial charge in [-0.2, -0.15) is 4.98 Å². The summed E-state index contributed by atoms with van der Waals surface area (Å²) in [4.78, 5) is 7.54. The minimum Gasteiger partial charge on any atom is -0.478 e. The molecule has 3 rings (SSSR count). The Morgan fingerprint density at radius 1 is 1.21 bits per heavy atom. The largest absolute Gasteiger partial charge is 0.478 e. The number of aromatic nitrogens is 2. The summed E-state index contributed by atoms with van der Waals surface area (Å²) in [6, 6.07) is 6.60. The van der Waals surface area contributed by atoms with Crippen molar-refractivity contribution in [1.82, 2.24) is 15.3 Å². The number of ether oxygens (including phenoxy) is 1. The minimum atomic E-state index is 0.608. The zero-order valence-corrected chi connectivity index (χ0v) is 11.2. The molecule has 0 amide bonds. The van der Waals surface area contributed by atoms with Gasteiger partial charge in [-0.3, -0.25) is 0 Å². The molecule has 1 aliphatic rings. The third-order valence-electron chi connectivity index (χ3n) is 3.76. The Bertz CT molecular complexity index is 515. The van der Waals surface area contributed by atoms with Crippen LogP contribution in [0.15, 0.2) is 24.4 Å². The van der Waals surface area contributed by atoms with Gasteiger partial charge in [-0.1, -0.05) is 12.8 Å². The standard InChI is InChI=1S/C15H21N3O/c1-2-4-13(16-9-3-1)8-11-19-14-6-5-12-7-10-17-15(12)18-14/h5-7,10,13,16H,1-4,8-9,11H2,(H,17,18). The van der Waals surface area contributed by atoms with Crippen molar-refractivity contribution in [2.75, 3.05) is 13.2 Å². The smallest absolute Gasteiger partial charge is 0.215 e. The van der Waals surface area contributed by atoms with Crippen LogP contribution in [-0.4, -0.2) is 29.2 Å². The van der Waals surface area contributed by atoms with Crippen LogP contribution in [0.2, 0.25) is 0 Å². The maximum absolute atomic E-state index is 5.76. The van der Waals surface area contributed by atoms with E-state index in [4.69, 9.17) is 4.74 Å². The quantitative estimate of drug-likeness (QED) is 0.887. The molecular formula is C15H21N3O. The maximum atomic E-state index is 5.76. The zero-order valence-electron chi connectivity index (χ0n) is 11.2. The second-order valence-electron chi connectivity index (χ2n) is 5.20. The van der Waals surface area contributed by atoms with Crippen molar-refractivity contribution in [3.63, 3.8) is 0 Å². The lowest BCUT2D eigenvalue weighted by molar-refractivity contribution is 0.275. The van der Waals surface area contributed by atoms with Crippen molar-refractivity contribution < 1.29 is 4.74 Å². The molecule has 2 aromatic heterocycles. The Morgan fingerprint density at radius 2 is 2.21 bits per heavy atom. The molecule has 102 valence electrons. The minimum absolute atomic E-state index is 0.608. The van der Waals surface area contributed by atoms with Crippen LogP contribution >= 0.6 is 0 Å². The van der Waals surface area contributed by atoms with Crippen LogP contribution < -0.4 is 10.1 Å². The molecule has 4 nitrogen and oxygen atoms in total. The average Bonchev–Trinajstić information content (AvgIpc) is 2.74. The first kappa shape index (κ1) is 12.5. The second-order valence-corrected chi connectivity index (χ2v) is 5.20. The highest BCUT2D eigenvalue weighted by Crippen LogP contribution is 2.16. The van der Waals surface area contributed by atoms with Crippen LogP contribution in [0.3, 0.4) is 0 Å². The van der Waals surface area contributed by atoms with E-state index in [1.165, 1.54) is 25.7 Å². The third kappa shape index (κ3) is 3.26. The number of hydrogen-bond acceptors (Lipinski definition) is 3. The highest BCUT2D eigenvalue weighted by molar-refractivity contribution is 5.75. The Balaban J connectivity index is 1.50. The molecule has 0 spiro atoms. The highest BCUT2D eigenvalue weighted by Gasteiger charge is 2.11. The normalized spacial score (nSPS) is 20.3. The van der Waals surface area contributed by atoms with E-state index in [1.807, 2.05) is 24.4 Å². The molecule has 2 aromatic rings. The summed E-state index contributed by atoms with van der Waals surface area (Å²) >= 11 is 0. The number of H-pyrrole nitrogens is 1. The van der Waals surface area contributed by atoms with Crippen molar-refractivity contribution in [2.45, 2.75) is 38.1 Å². The van der Waals surface area contributed by atoms with E-state index in [-0.39, 0.29) is 0 Å². The van der Waals surface area contributed by atoms with Crippen LogP contribution in [0.4, 0.5) is 0 Å². The molecule has 19 heavy (non-hydrogen) atoms. The number of nitrogens with zero attached hydrogens (tertiary/aromatic N) is 1. The summed E-state index contributed by atoms with van der Waals surface area (Å²) in [5.74, 6) is 0.712. The van der Waals surface area contributed by atoms with Crippen LogP contribution in [-0.2, 0) is 0 Å². The van der Waals surface area contributed by atoms with Crippen LogP contribution in [0.1, 0.15) is 32.1 Å². The highest BCUT2D eigenvalue weighted by atomic mass is 16.5. The van der Waals surface area contributed by atoms with Gasteiger partial charge >= 0.3 is 0 Å². The van der Waals surface area contributed by atoms with Gasteiger partial charge in [0.1, 0.15) is 5.65 Å². The van der Waals surface area contributed by atoms with Gasteiger partial charge in [0.15, 0.2) is 0 Å². The monoisotopic (exact) mass is 259 g/mol. The summed E-state index contributed by atoms with van der Waals surface area (Å²) < 4.78 is 5.76. The fourth-order valence-corrected chi connectivity index (χ4v) is 2.65. The Labute approximate surface area is 113 Å². The van der Waals surface area contributed by atoms with E-state index in [1.54, 1.807) is 0 Å². The lowest BCUT2D eigenvalue weighted by Crippen LogP contribution is -2.29. The first-order valence-corrected chi connectivity index (χ1v) is 7.22. The third-order valence-corrected chi connectivity index (χ3v) is 3.76. The maximum Gasteiger partial charge on any atom is 0.215 e. The summed E-state index contributed by atoms with van der Waals surface area (Å²) in [5, 5.41) is 4.71. The van der Waals surface area contributed by atoms with Gasteiger partial charge in [0.05, 0.1) is 6.61 Å². The molecule has 0 aliphatic carbocycles. The predicted molar refractivity (Wildman–Crippen MR) is 76.5 cm³/mol. The van der Waals surface area contributed by atoms with Crippen LogP contribution in [0, 0.1) is 0 Å². The molecule has 0 radical (unpaired) electrons. The van der Waals surface area contributed by atoms with E-state index in [2.05, 4.69) is 15.3 Å². The van der Waals surface area contributed by atoms with Crippen molar-refractivity contribution in [1.29, 1.82) is 0 Å². The van der Waals surface area contributed by atoms with Crippen molar-refractivity contribution in [3.05, 3.63) is 24.4 Å². The van der Waals surface area contributed by atoms with Crippen molar-refractivity contribution >= 4 is 11.0 Å². The molecule has 1 unspecified atom stereocenters. The second kappa shape index (κ2) is 6.06. The molecule has 1 aliphatic heterocycles. The molecule has 1 fully saturated rings. The predicted octanol–water partition coefficient (Wildman–Crippen LogP) is 2.86. The molecule has 1 saturated heterocycles. The van der Waals surface area contributed by atoms with E-state index < -0.39 is 0 Å². The van der Waals surface area contributed by atoms with Gasteiger partial charge in [-0.15, -0.1) is 0 Å². The Morgan fingerprint density at radius 3 is 3.21 bits per heavy atom. The van der Waals surface area contributed by atoms with E-state index >= 15 is 0 Å². The van der Waals surface area contributed by atoms with E-state index in [0.717, 1.165) is 30.6 Å². The van der Waals surface area contributed by atoms with Crippen molar-refractivity contribution in [2.24, 2.45) is 0 Å². The van der Waals surface area contributed by atoms with E-state index in [9.17, 15) is 0 Å². The number of hydrogen-bond donors (Lipinski definition) is 2. The van der Waals surface area contributed by atoms with Crippen LogP contribution in [0.5, 0.6) is 5.88 Å². The lowest BCUT2D eigenvalue weighted by Gasteiger charge is -2.15. The zero-order chi connectivity index (χ0) is 12.9. The van der Waals surface area contributed by atoms with Gasteiger partial charge in [-0.25, -0.2) is 0 Å². The van der Waals surface area contributed by atoms with Gasteiger partial charge in [0.2, 0.25) is 5.88 Å². The average molecular weight is 259 g/mol. The van der Waals surface area contributed by atoms with Crippen LogP contribution in [0.25, 0.3) is 11.0 Å². The molecule has 0 saturated carbocycles. The summed E-state index contributed by atoms with van der Waals surface area (Å²) in [6.45, 7) is 1.88. The Hall–Kier alpha value is -1.55. The van der Waals surface area contributed by atoms with E-state index in [0.29, 0.717) is 11.9 Å². The summed E-state index contributed by atoms with van der Waals surface area (Å²) in [7, 11) is 0. The number of rotatable bonds is 4. The number of nitrogens with one attached hydrogen (secondary N) is 2. The lowest BCUT2D eigenvalue weighted by atomic mass is 10.1. The fourth-order valence-electron chi connectivity index (χ4n) is 2.65. The molecule has 3 heterocycles. The molecule has 1 atom stereocenters. The molecule has 2 N–H and O–H groups in total. The molecule has 0 aromatic carbocycles. The Kier molecular flexibility index (Phi) is 3.98. The van der Waals surface area contributed by atoms with Gasteiger partial charge in [-0.05, 0) is 37.9 Å². The SMILES string of the molecule is c1cc2ccc(OCCC3CCCCCN3)nc2[nH]1. The number of aromatic amines is 1. The first-order chi connectivity index (χ1) is 9.42. The molecule has 4 heteroatoms. The van der Waals surface area contributed by atoms with Gasteiger partial charge < -0.3 is 15.0 Å². The topological polar surface area (TPSA) is 49.9 Å². The fraction of sp³-hybridized carbons (Fsp3) is 0.533. The van der Waals surface area contributed by atoms with Gasteiger partial charge in [0, 0.05) is 23.7 Å². The summed E-state index contributed by atoms with van der Waals surface area (Å²) in [5.41, 5.74) is 0.894. The van der Waals surface area contributed by atoms with Gasteiger partial charge in [0.25, 0.3) is 0 Å². The summed E-state index contributed by atoms with van der Waals surface area (Å²) in [6.07, 6.45) is 8.23. The molecule has 0 bridgehead atoms.